The highest BCUT2D eigenvalue weighted by Crippen LogP contribution is 2.15. The van der Waals surface area contributed by atoms with E-state index in [1.807, 2.05) is 13.0 Å². The number of amides is 2. The quantitative estimate of drug-likeness (QED) is 0.571. The Morgan fingerprint density at radius 2 is 1.88 bits per heavy atom. The lowest BCUT2D eigenvalue weighted by Gasteiger charge is -2.13. The molecule has 3 N–H and O–H groups in total. The van der Waals surface area contributed by atoms with Crippen LogP contribution in [0.4, 0.5) is 5.69 Å². The molecule has 2 amide bonds. The van der Waals surface area contributed by atoms with Gasteiger partial charge in [0.2, 0.25) is 0 Å². The Morgan fingerprint density at radius 1 is 1.12 bits per heavy atom. The predicted molar refractivity (Wildman–Crippen MR) is 104 cm³/mol. The van der Waals surface area contributed by atoms with Crippen molar-refractivity contribution in [2.75, 3.05) is 11.9 Å². The first-order valence-corrected chi connectivity index (χ1v) is 8.09. The lowest BCUT2D eigenvalue weighted by Crippen LogP contribution is -2.35. The first-order valence-electron chi connectivity index (χ1n) is 7.68. The number of rotatable bonds is 5. The van der Waals surface area contributed by atoms with Crippen LogP contribution in [0.2, 0.25) is 0 Å². The van der Waals surface area contributed by atoms with E-state index in [4.69, 9.17) is 12.2 Å². The van der Waals surface area contributed by atoms with Gasteiger partial charge in [-0.05, 0) is 43.4 Å². The monoisotopic (exact) mass is 353 g/mol. The van der Waals surface area contributed by atoms with Crippen LogP contribution in [0, 0.1) is 6.92 Å². The average Bonchev–Trinajstić information content (AvgIpc) is 2.60. The van der Waals surface area contributed by atoms with Gasteiger partial charge in [0.1, 0.15) is 0 Å². The molecule has 6 heteroatoms. The smallest absolute Gasteiger partial charge is 0.257 e. The molecule has 0 bridgehead atoms. The molecule has 0 aliphatic carbocycles. The van der Waals surface area contributed by atoms with Crippen molar-refractivity contribution in [3.05, 3.63) is 77.9 Å². The summed E-state index contributed by atoms with van der Waals surface area (Å²) in [5.74, 6) is -0.564. The molecule has 0 heterocycles. The number of anilines is 1. The standard InChI is InChI=1S/C19H19N3O2S/c1-3-11-20-18(24)15-9-4-5-10-16(15)21-19(25)22-17(23)14-8-6-7-13(2)12-14/h3-10,12H,1,11H2,2H3,(H,20,24)(H2,21,22,23,25). The SMILES string of the molecule is C=CCNC(=O)c1ccccc1NC(=S)NC(=O)c1cccc(C)c1. The minimum Gasteiger partial charge on any atom is -0.349 e. The van der Waals surface area contributed by atoms with Gasteiger partial charge in [-0.15, -0.1) is 6.58 Å². The van der Waals surface area contributed by atoms with Gasteiger partial charge in [-0.25, -0.2) is 0 Å². The Morgan fingerprint density at radius 3 is 2.60 bits per heavy atom. The topological polar surface area (TPSA) is 70.2 Å². The maximum atomic E-state index is 12.2. The van der Waals surface area contributed by atoms with Crippen molar-refractivity contribution in [1.82, 2.24) is 10.6 Å². The minimum absolute atomic E-state index is 0.121. The molecule has 0 unspecified atom stereocenters. The molecule has 0 aromatic heterocycles. The van der Waals surface area contributed by atoms with E-state index in [1.165, 1.54) is 0 Å². The van der Waals surface area contributed by atoms with Crippen LogP contribution in [0.25, 0.3) is 0 Å². The second-order valence-electron chi connectivity index (χ2n) is 5.32. The highest BCUT2D eigenvalue weighted by molar-refractivity contribution is 7.80. The third-order valence-corrected chi connectivity index (χ3v) is 3.54. The average molecular weight is 353 g/mol. The van der Waals surface area contributed by atoms with E-state index in [2.05, 4.69) is 22.5 Å². The number of nitrogens with one attached hydrogen (secondary N) is 3. The zero-order valence-electron chi connectivity index (χ0n) is 13.8. The number of carbonyl (C=O) groups excluding carboxylic acids is 2. The molecular weight excluding hydrogens is 334 g/mol. The van der Waals surface area contributed by atoms with Crippen LogP contribution in [0.1, 0.15) is 26.3 Å². The normalized spacial score (nSPS) is 9.80. The van der Waals surface area contributed by atoms with E-state index in [1.54, 1.807) is 48.5 Å². The Labute approximate surface area is 152 Å². The number of thiocarbonyl (C=S) groups is 1. The van der Waals surface area contributed by atoms with E-state index in [-0.39, 0.29) is 16.9 Å². The molecule has 0 fully saturated rings. The summed E-state index contributed by atoms with van der Waals surface area (Å²) in [6, 6.07) is 14.1. The molecule has 0 aliphatic heterocycles. The molecule has 0 saturated heterocycles. The van der Waals surface area contributed by atoms with Crippen molar-refractivity contribution in [3.8, 4) is 0 Å². The van der Waals surface area contributed by atoms with Crippen LogP contribution >= 0.6 is 12.2 Å². The zero-order valence-corrected chi connectivity index (χ0v) is 14.7. The summed E-state index contributed by atoms with van der Waals surface area (Å²) in [6.07, 6.45) is 1.60. The van der Waals surface area contributed by atoms with Crippen LogP contribution in [0.15, 0.2) is 61.2 Å². The largest absolute Gasteiger partial charge is 0.349 e. The molecule has 25 heavy (non-hydrogen) atoms. The summed E-state index contributed by atoms with van der Waals surface area (Å²) < 4.78 is 0. The first-order chi connectivity index (χ1) is 12.0. The van der Waals surface area contributed by atoms with Crippen molar-refractivity contribution >= 4 is 34.8 Å². The number of para-hydroxylation sites is 1. The highest BCUT2D eigenvalue weighted by atomic mass is 32.1. The molecule has 0 spiro atoms. The van der Waals surface area contributed by atoms with E-state index in [0.717, 1.165) is 5.56 Å². The van der Waals surface area contributed by atoms with Crippen LogP contribution in [-0.4, -0.2) is 23.5 Å². The van der Waals surface area contributed by atoms with Crippen LogP contribution < -0.4 is 16.0 Å². The molecule has 0 aliphatic rings. The summed E-state index contributed by atoms with van der Waals surface area (Å²) in [4.78, 5) is 24.4. The molecule has 5 nitrogen and oxygen atoms in total. The molecule has 128 valence electrons. The predicted octanol–water partition coefficient (Wildman–Crippen LogP) is 3.04. The molecule has 2 aromatic rings. The maximum absolute atomic E-state index is 12.2. The number of aryl methyl sites for hydroxylation is 1. The lowest BCUT2D eigenvalue weighted by molar-refractivity contribution is 0.0956. The van der Waals surface area contributed by atoms with Gasteiger partial charge in [0.05, 0.1) is 11.3 Å². The van der Waals surface area contributed by atoms with Gasteiger partial charge < -0.3 is 10.6 Å². The van der Waals surface area contributed by atoms with Gasteiger partial charge in [0.15, 0.2) is 5.11 Å². The third kappa shape index (κ3) is 5.26. The molecule has 0 saturated carbocycles. The van der Waals surface area contributed by atoms with E-state index in [9.17, 15) is 9.59 Å². The summed E-state index contributed by atoms with van der Waals surface area (Å²) in [7, 11) is 0. The highest BCUT2D eigenvalue weighted by Gasteiger charge is 2.13. The lowest BCUT2D eigenvalue weighted by atomic mass is 10.1. The van der Waals surface area contributed by atoms with E-state index >= 15 is 0 Å². The zero-order chi connectivity index (χ0) is 18.2. The van der Waals surface area contributed by atoms with Gasteiger partial charge in [-0.2, -0.15) is 0 Å². The van der Waals surface area contributed by atoms with Crippen molar-refractivity contribution in [3.63, 3.8) is 0 Å². The van der Waals surface area contributed by atoms with Crippen molar-refractivity contribution < 1.29 is 9.59 Å². The van der Waals surface area contributed by atoms with Crippen molar-refractivity contribution in [2.45, 2.75) is 6.92 Å². The first kappa shape index (κ1) is 18.4. The minimum atomic E-state index is -0.310. The molecule has 0 atom stereocenters. The van der Waals surface area contributed by atoms with Crippen molar-refractivity contribution in [1.29, 1.82) is 0 Å². The van der Waals surface area contributed by atoms with E-state index in [0.29, 0.717) is 23.4 Å². The fraction of sp³-hybridized carbons (Fsp3) is 0.105. The summed E-state index contributed by atoms with van der Waals surface area (Å²) in [5.41, 5.74) is 2.44. The Hall–Kier alpha value is -2.99. The number of hydrogen-bond donors (Lipinski definition) is 3. The van der Waals surface area contributed by atoms with Gasteiger partial charge in [-0.1, -0.05) is 35.9 Å². The Bertz CT molecular complexity index is 818. The van der Waals surface area contributed by atoms with Crippen molar-refractivity contribution in [2.24, 2.45) is 0 Å². The number of benzene rings is 2. The number of carbonyl (C=O) groups is 2. The summed E-state index contributed by atoms with van der Waals surface area (Å²) in [5, 5.41) is 8.34. The van der Waals surface area contributed by atoms with Gasteiger partial charge in [-0.3, -0.25) is 14.9 Å². The van der Waals surface area contributed by atoms with Gasteiger partial charge in [0.25, 0.3) is 11.8 Å². The van der Waals surface area contributed by atoms with Gasteiger partial charge in [0, 0.05) is 12.1 Å². The molecule has 2 rings (SSSR count). The van der Waals surface area contributed by atoms with Crippen LogP contribution in [0.3, 0.4) is 0 Å². The summed E-state index contributed by atoms with van der Waals surface area (Å²) in [6.45, 7) is 5.84. The number of hydrogen-bond acceptors (Lipinski definition) is 3. The second-order valence-corrected chi connectivity index (χ2v) is 5.73. The fourth-order valence-electron chi connectivity index (χ4n) is 2.17. The maximum Gasteiger partial charge on any atom is 0.257 e. The fourth-order valence-corrected chi connectivity index (χ4v) is 2.37. The Balaban J connectivity index is 2.06. The molecule has 2 aromatic carbocycles. The van der Waals surface area contributed by atoms with Crippen LogP contribution in [-0.2, 0) is 0 Å². The Kier molecular flexibility index (Phi) is 6.42. The molecule has 0 radical (unpaired) electrons. The molecular formula is C19H19N3O2S. The van der Waals surface area contributed by atoms with Gasteiger partial charge >= 0.3 is 0 Å². The van der Waals surface area contributed by atoms with Crippen LogP contribution in [0.5, 0.6) is 0 Å². The summed E-state index contributed by atoms with van der Waals surface area (Å²) >= 11 is 5.19. The second kappa shape index (κ2) is 8.75. The third-order valence-electron chi connectivity index (χ3n) is 3.33. The van der Waals surface area contributed by atoms with E-state index < -0.39 is 0 Å².